The predicted octanol–water partition coefficient (Wildman–Crippen LogP) is 4.33. The van der Waals surface area contributed by atoms with Crippen LogP contribution in [0.5, 0.6) is 0 Å². The topological polar surface area (TPSA) is 55.2 Å². The van der Waals surface area contributed by atoms with E-state index in [2.05, 4.69) is 11.6 Å². The van der Waals surface area contributed by atoms with Crippen molar-refractivity contribution >= 4 is 34.7 Å². The molecule has 0 aliphatic heterocycles. The summed E-state index contributed by atoms with van der Waals surface area (Å²) < 4.78 is 0. The lowest BCUT2D eigenvalue weighted by Gasteiger charge is -2.28. The second-order valence-electron chi connectivity index (χ2n) is 4.74. The highest BCUT2D eigenvalue weighted by molar-refractivity contribution is 7.99. The zero-order chi connectivity index (χ0) is 13.8. The van der Waals surface area contributed by atoms with E-state index in [9.17, 15) is 10.1 Å². The number of para-hydroxylation sites is 1. The Morgan fingerprint density at radius 2 is 2.05 bits per heavy atom. The van der Waals surface area contributed by atoms with E-state index < -0.39 is 0 Å². The molecule has 1 saturated carbocycles. The average Bonchev–Trinajstić information content (AvgIpc) is 2.41. The zero-order valence-corrected chi connectivity index (χ0v) is 12.3. The Morgan fingerprint density at radius 1 is 1.37 bits per heavy atom. The van der Waals surface area contributed by atoms with Crippen LogP contribution in [0.4, 0.5) is 11.4 Å². The molecule has 0 bridgehead atoms. The van der Waals surface area contributed by atoms with Crippen LogP contribution in [-0.2, 0) is 0 Å². The molecule has 0 heterocycles. The lowest BCUT2D eigenvalue weighted by atomic mass is 9.94. The maximum Gasteiger partial charge on any atom is 0.293 e. The maximum atomic E-state index is 11.0. The Hall–Kier alpha value is -0.940. The summed E-state index contributed by atoms with van der Waals surface area (Å²) in [5.74, 6) is 0. The van der Waals surface area contributed by atoms with Crippen LogP contribution in [-0.4, -0.2) is 22.5 Å². The number of thioether (sulfide) groups is 1. The minimum Gasteiger partial charge on any atom is -0.376 e. The van der Waals surface area contributed by atoms with Crippen molar-refractivity contribution in [1.82, 2.24) is 0 Å². The molecular weight excluding hydrogens is 284 g/mol. The SMILES string of the molecule is CSC1CCC(Nc2c(Cl)cccc2[N+](=O)[O-])CC1. The molecule has 104 valence electrons. The summed E-state index contributed by atoms with van der Waals surface area (Å²) in [5.41, 5.74) is 0.515. The molecule has 1 aromatic carbocycles. The summed E-state index contributed by atoms with van der Waals surface area (Å²) in [5, 5.41) is 15.4. The lowest BCUT2D eigenvalue weighted by Crippen LogP contribution is -2.27. The number of benzene rings is 1. The van der Waals surface area contributed by atoms with Crippen LogP contribution in [0.15, 0.2) is 18.2 Å². The summed E-state index contributed by atoms with van der Waals surface area (Å²) in [6.07, 6.45) is 6.51. The second-order valence-corrected chi connectivity index (χ2v) is 6.29. The highest BCUT2D eigenvalue weighted by Gasteiger charge is 2.24. The van der Waals surface area contributed by atoms with Gasteiger partial charge in [-0.15, -0.1) is 0 Å². The van der Waals surface area contributed by atoms with E-state index in [4.69, 9.17) is 11.6 Å². The van der Waals surface area contributed by atoms with Crippen molar-refractivity contribution in [2.24, 2.45) is 0 Å². The van der Waals surface area contributed by atoms with Crippen LogP contribution in [0.25, 0.3) is 0 Å². The Labute approximate surface area is 122 Å². The fraction of sp³-hybridized carbons (Fsp3) is 0.538. The number of nitro benzene ring substituents is 1. The summed E-state index contributed by atoms with van der Waals surface area (Å²) in [7, 11) is 0. The Kier molecular flexibility index (Phi) is 4.93. The number of hydrogen-bond acceptors (Lipinski definition) is 4. The van der Waals surface area contributed by atoms with Crippen molar-refractivity contribution in [2.75, 3.05) is 11.6 Å². The maximum absolute atomic E-state index is 11.0. The molecule has 6 heteroatoms. The van der Waals surface area contributed by atoms with Gasteiger partial charge < -0.3 is 5.32 Å². The van der Waals surface area contributed by atoms with Gasteiger partial charge in [0, 0.05) is 17.4 Å². The fourth-order valence-electron chi connectivity index (χ4n) is 2.45. The number of halogens is 1. The Bertz CT molecular complexity index is 462. The Balaban J connectivity index is 2.09. The molecule has 0 amide bonds. The zero-order valence-electron chi connectivity index (χ0n) is 10.8. The van der Waals surface area contributed by atoms with Gasteiger partial charge in [0.25, 0.3) is 5.69 Å². The van der Waals surface area contributed by atoms with E-state index in [1.54, 1.807) is 12.1 Å². The predicted molar refractivity (Wildman–Crippen MR) is 81.3 cm³/mol. The van der Waals surface area contributed by atoms with Crippen LogP contribution in [0, 0.1) is 10.1 Å². The van der Waals surface area contributed by atoms with Gasteiger partial charge in [-0.1, -0.05) is 17.7 Å². The molecule has 0 aromatic heterocycles. The Morgan fingerprint density at radius 3 is 2.63 bits per heavy atom. The number of rotatable bonds is 4. The monoisotopic (exact) mass is 300 g/mol. The minimum atomic E-state index is -0.387. The molecule has 1 aliphatic rings. The van der Waals surface area contributed by atoms with Gasteiger partial charge in [0.15, 0.2) is 0 Å². The van der Waals surface area contributed by atoms with Gasteiger partial charge in [-0.25, -0.2) is 0 Å². The van der Waals surface area contributed by atoms with Crippen molar-refractivity contribution in [2.45, 2.75) is 37.0 Å². The third-order valence-corrected chi connectivity index (χ3v) is 5.00. The van der Waals surface area contributed by atoms with Crippen molar-refractivity contribution in [3.8, 4) is 0 Å². The van der Waals surface area contributed by atoms with Crippen molar-refractivity contribution < 1.29 is 4.92 Å². The summed E-state index contributed by atoms with van der Waals surface area (Å²) in [6.45, 7) is 0. The standard InChI is InChI=1S/C13H17ClN2O2S/c1-19-10-7-5-9(6-8-10)15-13-11(14)3-2-4-12(13)16(17)18/h2-4,9-10,15H,5-8H2,1H3. The van der Waals surface area contributed by atoms with E-state index in [0.717, 1.165) is 30.9 Å². The van der Waals surface area contributed by atoms with Crippen LogP contribution < -0.4 is 5.32 Å². The largest absolute Gasteiger partial charge is 0.376 e. The van der Waals surface area contributed by atoms with E-state index in [1.807, 2.05) is 11.8 Å². The smallest absolute Gasteiger partial charge is 0.293 e. The van der Waals surface area contributed by atoms with E-state index in [-0.39, 0.29) is 16.7 Å². The van der Waals surface area contributed by atoms with Gasteiger partial charge in [-0.3, -0.25) is 10.1 Å². The molecule has 19 heavy (non-hydrogen) atoms. The lowest BCUT2D eigenvalue weighted by molar-refractivity contribution is -0.384. The van der Waals surface area contributed by atoms with Crippen LogP contribution in [0.1, 0.15) is 25.7 Å². The van der Waals surface area contributed by atoms with Crippen LogP contribution >= 0.6 is 23.4 Å². The molecular formula is C13H17ClN2O2S. The first-order valence-electron chi connectivity index (χ1n) is 6.34. The van der Waals surface area contributed by atoms with Gasteiger partial charge in [0.2, 0.25) is 0 Å². The molecule has 1 N–H and O–H groups in total. The normalized spacial score (nSPS) is 23.1. The first-order chi connectivity index (χ1) is 9.11. The number of nitrogens with zero attached hydrogens (tertiary/aromatic N) is 1. The first kappa shape index (κ1) is 14.5. The van der Waals surface area contributed by atoms with Gasteiger partial charge >= 0.3 is 0 Å². The van der Waals surface area contributed by atoms with E-state index in [1.165, 1.54) is 6.07 Å². The highest BCUT2D eigenvalue weighted by Crippen LogP contribution is 2.35. The molecule has 0 saturated heterocycles. The quantitative estimate of drug-likeness (QED) is 0.664. The first-order valence-corrected chi connectivity index (χ1v) is 8.00. The fourth-order valence-corrected chi connectivity index (χ4v) is 3.42. The average molecular weight is 301 g/mol. The third-order valence-electron chi connectivity index (χ3n) is 3.54. The number of nitro groups is 1. The third kappa shape index (κ3) is 3.54. The van der Waals surface area contributed by atoms with Gasteiger partial charge in [0.05, 0.1) is 9.95 Å². The molecule has 0 radical (unpaired) electrons. The summed E-state index contributed by atoms with van der Waals surface area (Å²) in [6, 6.07) is 5.06. The molecule has 1 aromatic rings. The molecule has 0 atom stereocenters. The van der Waals surface area contributed by atoms with E-state index in [0.29, 0.717) is 10.7 Å². The molecule has 1 fully saturated rings. The number of nitrogens with one attached hydrogen (secondary N) is 1. The van der Waals surface area contributed by atoms with Crippen molar-refractivity contribution in [1.29, 1.82) is 0 Å². The number of anilines is 1. The van der Waals surface area contributed by atoms with E-state index >= 15 is 0 Å². The molecule has 0 unspecified atom stereocenters. The summed E-state index contributed by atoms with van der Waals surface area (Å²) in [4.78, 5) is 10.6. The molecule has 2 rings (SSSR count). The summed E-state index contributed by atoms with van der Waals surface area (Å²) >= 11 is 7.98. The molecule has 4 nitrogen and oxygen atoms in total. The minimum absolute atomic E-state index is 0.0551. The second kappa shape index (κ2) is 6.48. The van der Waals surface area contributed by atoms with Crippen molar-refractivity contribution in [3.05, 3.63) is 33.3 Å². The highest BCUT2D eigenvalue weighted by atomic mass is 35.5. The van der Waals surface area contributed by atoms with Crippen molar-refractivity contribution in [3.63, 3.8) is 0 Å². The molecule has 0 spiro atoms. The van der Waals surface area contributed by atoms with Gasteiger partial charge in [-0.05, 0) is 38.0 Å². The van der Waals surface area contributed by atoms with Gasteiger partial charge in [0.1, 0.15) is 5.69 Å². The number of hydrogen-bond donors (Lipinski definition) is 1. The van der Waals surface area contributed by atoms with Gasteiger partial charge in [-0.2, -0.15) is 11.8 Å². The molecule has 1 aliphatic carbocycles. The van der Waals surface area contributed by atoms with Crippen LogP contribution in [0.2, 0.25) is 5.02 Å². The van der Waals surface area contributed by atoms with Crippen LogP contribution in [0.3, 0.4) is 0 Å².